The molecule has 0 bridgehead atoms. The molecule has 26 heavy (non-hydrogen) atoms. The van der Waals surface area contributed by atoms with Crippen molar-refractivity contribution in [3.63, 3.8) is 0 Å². The lowest BCUT2D eigenvalue weighted by molar-refractivity contribution is -0.118. The van der Waals surface area contributed by atoms with Gasteiger partial charge in [0.15, 0.2) is 6.61 Å². The number of nitrogens with one attached hydrogen (secondary N) is 1. The maximum Gasteiger partial charge on any atom is 0.262 e. The first-order valence-electron chi connectivity index (χ1n) is 8.25. The maximum atomic E-state index is 12.2. The lowest BCUT2D eigenvalue weighted by Crippen LogP contribution is -2.23. The number of carbonyl (C=O) groups is 1. The normalized spacial score (nSPS) is 11.6. The smallest absolute Gasteiger partial charge is 0.262 e. The summed E-state index contributed by atoms with van der Waals surface area (Å²) >= 11 is 0. The van der Waals surface area contributed by atoms with E-state index in [1.165, 1.54) is 26.2 Å². The second-order valence-corrected chi connectivity index (χ2v) is 8.53. The second kappa shape index (κ2) is 8.33. The van der Waals surface area contributed by atoms with E-state index in [0.717, 1.165) is 9.87 Å². The van der Waals surface area contributed by atoms with Crippen LogP contribution in [0, 0.1) is 0 Å². The number of anilines is 1. The average molecular weight is 376 g/mol. The molecule has 1 N–H and O–H groups in total. The Morgan fingerprint density at radius 1 is 1.12 bits per heavy atom. The van der Waals surface area contributed by atoms with Gasteiger partial charge < -0.3 is 10.1 Å². The topological polar surface area (TPSA) is 75.7 Å². The van der Waals surface area contributed by atoms with Crippen LogP contribution in [-0.4, -0.2) is 39.3 Å². The van der Waals surface area contributed by atoms with Gasteiger partial charge in [0.05, 0.1) is 4.90 Å². The predicted molar refractivity (Wildman–Crippen MR) is 102 cm³/mol. The third kappa shape index (κ3) is 5.06. The highest BCUT2D eigenvalue weighted by Crippen LogP contribution is 2.20. The lowest BCUT2D eigenvalue weighted by atomic mass is 10.0. The minimum absolute atomic E-state index is 0.117. The number of rotatable bonds is 7. The monoisotopic (exact) mass is 376 g/mol. The Labute approximate surface area is 154 Å². The van der Waals surface area contributed by atoms with E-state index < -0.39 is 10.0 Å². The van der Waals surface area contributed by atoms with Crippen LogP contribution in [-0.2, 0) is 14.8 Å². The van der Waals surface area contributed by atoms with Gasteiger partial charge in [-0.2, -0.15) is 0 Å². The van der Waals surface area contributed by atoms with E-state index in [1.54, 1.807) is 18.2 Å². The van der Waals surface area contributed by atoms with Crippen molar-refractivity contribution in [2.45, 2.75) is 24.7 Å². The van der Waals surface area contributed by atoms with Crippen molar-refractivity contribution in [3.8, 4) is 5.75 Å². The number of nitrogens with zero attached hydrogens (tertiary/aromatic N) is 1. The zero-order valence-electron chi connectivity index (χ0n) is 15.4. The largest absolute Gasteiger partial charge is 0.484 e. The summed E-state index contributed by atoms with van der Waals surface area (Å²) in [6.45, 7) is 4.01. The third-order valence-electron chi connectivity index (χ3n) is 3.79. The molecule has 0 fully saturated rings. The molecule has 0 heterocycles. The number of ether oxygens (including phenoxy) is 1. The number of amides is 1. The highest BCUT2D eigenvalue weighted by Gasteiger charge is 2.17. The molecule has 0 unspecified atom stereocenters. The zero-order valence-corrected chi connectivity index (χ0v) is 16.2. The van der Waals surface area contributed by atoms with E-state index in [0.29, 0.717) is 17.4 Å². The highest BCUT2D eigenvalue weighted by atomic mass is 32.2. The zero-order chi connectivity index (χ0) is 19.3. The summed E-state index contributed by atoms with van der Waals surface area (Å²) in [6, 6.07) is 13.7. The van der Waals surface area contributed by atoms with Gasteiger partial charge in [0.2, 0.25) is 10.0 Å². The molecule has 140 valence electrons. The van der Waals surface area contributed by atoms with Gasteiger partial charge in [-0.1, -0.05) is 32.0 Å². The van der Waals surface area contributed by atoms with E-state index in [-0.39, 0.29) is 17.4 Å². The van der Waals surface area contributed by atoms with Gasteiger partial charge in [-0.05, 0) is 41.8 Å². The molecule has 0 saturated heterocycles. The fourth-order valence-corrected chi connectivity index (χ4v) is 3.20. The van der Waals surface area contributed by atoms with Gasteiger partial charge in [0, 0.05) is 19.8 Å². The average Bonchev–Trinajstić information content (AvgIpc) is 2.60. The highest BCUT2D eigenvalue weighted by molar-refractivity contribution is 7.89. The fraction of sp³-hybridized carbons (Fsp3) is 0.316. The fourth-order valence-electron chi connectivity index (χ4n) is 2.25. The molecule has 6 nitrogen and oxygen atoms in total. The van der Waals surface area contributed by atoms with Crippen LogP contribution in [0.5, 0.6) is 5.75 Å². The Bertz CT molecular complexity index is 877. The molecule has 0 aliphatic rings. The third-order valence-corrected chi connectivity index (χ3v) is 5.60. The maximum absolute atomic E-state index is 12.2. The van der Waals surface area contributed by atoms with Gasteiger partial charge in [-0.3, -0.25) is 4.79 Å². The van der Waals surface area contributed by atoms with E-state index in [2.05, 4.69) is 19.2 Å². The van der Waals surface area contributed by atoms with Crippen LogP contribution in [0.15, 0.2) is 53.4 Å². The minimum Gasteiger partial charge on any atom is -0.484 e. The Morgan fingerprint density at radius 2 is 1.81 bits per heavy atom. The molecule has 2 aromatic carbocycles. The first kappa shape index (κ1) is 19.9. The molecule has 1 amide bonds. The standard InChI is InChI=1S/C19H24N2O4S/c1-14(2)15-7-5-9-17(11-15)25-13-19(22)20-16-8-6-10-18(12-16)26(23,24)21(3)4/h5-12,14H,13H2,1-4H3,(H,20,22). The number of benzene rings is 2. The molecule has 0 atom stereocenters. The minimum atomic E-state index is -3.55. The van der Waals surface area contributed by atoms with Crippen molar-refractivity contribution in [2.75, 3.05) is 26.0 Å². The Hall–Kier alpha value is -2.38. The molecule has 0 aromatic heterocycles. The van der Waals surface area contributed by atoms with Crippen LogP contribution in [0.25, 0.3) is 0 Å². The van der Waals surface area contributed by atoms with Crippen LogP contribution in [0.1, 0.15) is 25.3 Å². The summed E-state index contributed by atoms with van der Waals surface area (Å²) in [7, 11) is -0.637. The van der Waals surface area contributed by atoms with Crippen molar-refractivity contribution >= 4 is 21.6 Å². The van der Waals surface area contributed by atoms with E-state index >= 15 is 0 Å². The molecule has 2 rings (SSSR count). The van der Waals surface area contributed by atoms with Crippen molar-refractivity contribution in [1.29, 1.82) is 0 Å². The van der Waals surface area contributed by atoms with E-state index in [4.69, 9.17) is 4.74 Å². The van der Waals surface area contributed by atoms with Crippen LogP contribution in [0.3, 0.4) is 0 Å². The van der Waals surface area contributed by atoms with Gasteiger partial charge in [0.25, 0.3) is 5.91 Å². The summed E-state index contributed by atoms with van der Waals surface area (Å²) in [6.07, 6.45) is 0. The second-order valence-electron chi connectivity index (χ2n) is 6.38. The first-order valence-corrected chi connectivity index (χ1v) is 9.69. The summed E-state index contributed by atoms with van der Waals surface area (Å²) < 4.78 is 31.0. The van der Waals surface area contributed by atoms with Crippen LogP contribution in [0.4, 0.5) is 5.69 Å². The molecule has 0 radical (unpaired) electrons. The molecule has 7 heteroatoms. The van der Waals surface area contributed by atoms with Gasteiger partial charge in [-0.15, -0.1) is 0 Å². The van der Waals surface area contributed by atoms with Gasteiger partial charge in [0.1, 0.15) is 5.75 Å². The summed E-state index contributed by atoms with van der Waals surface area (Å²) in [5.74, 6) is 0.628. The van der Waals surface area contributed by atoms with Crippen molar-refractivity contribution < 1.29 is 17.9 Å². The molecule has 2 aromatic rings. The molecule has 0 spiro atoms. The van der Waals surface area contributed by atoms with E-state index in [1.807, 2.05) is 18.2 Å². The number of hydrogen-bond donors (Lipinski definition) is 1. The van der Waals surface area contributed by atoms with Gasteiger partial charge in [-0.25, -0.2) is 12.7 Å². The van der Waals surface area contributed by atoms with Crippen LogP contribution in [0.2, 0.25) is 0 Å². The van der Waals surface area contributed by atoms with E-state index in [9.17, 15) is 13.2 Å². The summed E-state index contributed by atoms with van der Waals surface area (Å²) in [5, 5.41) is 2.65. The molecule has 0 aliphatic carbocycles. The Morgan fingerprint density at radius 3 is 2.46 bits per heavy atom. The number of sulfonamides is 1. The Kier molecular flexibility index (Phi) is 6.39. The molecule has 0 aliphatic heterocycles. The SMILES string of the molecule is CC(C)c1cccc(OCC(=O)Nc2cccc(S(=O)(=O)N(C)C)c2)c1. The quantitative estimate of drug-likeness (QED) is 0.806. The first-order chi connectivity index (χ1) is 12.2. The predicted octanol–water partition coefficient (Wildman–Crippen LogP) is 3.08. The molecule has 0 saturated carbocycles. The van der Waals surface area contributed by atoms with Gasteiger partial charge >= 0.3 is 0 Å². The summed E-state index contributed by atoms with van der Waals surface area (Å²) in [5.41, 5.74) is 1.53. The van der Waals surface area contributed by atoms with Crippen LogP contribution < -0.4 is 10.1 Å². The van der Waals surface area contributed by atoms with Crippen LogP contribution >= 0.6 is 0 Å². The number of hydrogen-bond acceptors (Lipinski definition) is 4. The Balaban J connectivity index is 2.01. The molecular weight excluding hydrogens is 352 g/mol. The van der Waals surface area contributed by atoms with Crippen molar-refractivity contribution in [2.24, 2.45) is 0 Å². The number of carbonyl (C=O) groups excluding carboxylic acids is 1. The molecular formula is C19H24N2O4S. The van der Waals surface area contributed by atoms with Crippen molar-refractivity contribution in [3.05, 3.63) is 54.1 Å². The lowest BCUT2D eigenvalue weighted by Gasteiger charge is -2.13. The summed E-state index contributed by atoms with van der Waals surface area (Å²) in [4.78, 5) is 12.2. The van der Waals surface area contributed by atoms with Crippen molar-refractivity contribution in [1.82, 2.24) is 4.31 Å².